The van der Waals surface area contributed by atoms with E-state index in [0.29, 0.717) is 16.4 Å². The summed E-state index contributed by atoms with van der Waals surface area (Å²) in [7, 11) is 0. The molecule has 5 heteroatoms. The van der Waals surface area contributed by atoms with Gasteiger partial charge in [-0.05, 0) is 18.6 Å². The molecule has 2 aromatic rings. The van der Waals surface area contributed by atoms with Crippen LogP contribution in [0.4, 0.5) is 5.13 Å². The second kappa shape index (κ2) is 5.10. The molecule has 0 radical (unpaired) electrons. The number of anilines is 1. The Hall–Kier alpha value is -2.01. The van der Waals surface area contributed by atoms with E-state index >= 15 is 0 Å². The van der Waals surface area contributed by atoms with Crippen LogP contribution in [-0.2, 0) is 0 Å². The fourth-order valence-electron chi connectivity index (χ4n) is 1.48. The molecule has 2 rings (SSSR count). The number of ketones is 1. The van der Waals surface area contributed by atoms with Gasteiger partial charge in [0.25, 0.3) is 5.91 Å². The summed E-state index contributed by atoms with van der Waals surface area (Å²) in [6.45, 7) is 3.32. The highest BCUT2D eigenvalue weighted by Crippen LogP contribution is 2.17. The topological polar surface area (TPSA) is 59.1 Å². The van der Waals surface area contributed by atoms with E-state index in [2.05, 4.69) is 10.3 Å². The maximum atomic E-state index is 12.0. The van der Waals surface area contributed by atoms with Crippen LogP contribution in [0.3, 0.4) is 0 Å². The first-order valence-corrected chi connectivity index (χ1v) is 6.29. The number of carbonyl (C=O) groups excluding carboxylic acids is 2. The van der Waals surface area contributed by atoms with Gasteiger partial charge in [0.1, 0.15) is 5.69 Å². The Morgan fingerprint density at radius 3 is 2.61 bits per heavy atom. The van der Waals surface area contributed by atoms with Crippen LogP contribution < -0.4 is 5.32 Å². The number of nitrogens with one attached hydrogen (secondary N) is 1. The molecule has 0 aliphatic rings. The molecule has 0 atom stereocenters. The van der Waals surface area contributed by atoms with E-state index in [-0.39, 0.29) is 11.7 Å². The van der Waals surface area contributed by atoms with Gasteiger partial charge in [-0.1, -0.05) is 18.2 Å². The van der Waals surface area contributed by atoms with Crippen LogP contribution in [0.25, 0.3) is 0 Å². The third-order valence-electron chi connectivity index (χ3n) is 2.48. The summed E-state index contributed by atoms with van der Waals surface area (Å²) in [5.41, 5.74) is 1.88. The lowest BCUT2D eigenvalue weighted by Crippen LogP contribution is -2.13. The Morgan fingerprint density at radius 1 is 1.28 bits per heavy atom. The third-order valence-corrected chi connectivity index (χ3v) is 3.23. The van der Waals surface area contributed by atoms with Crippen molar-refractivity contribution in [1.82, 2.24) is 4.98 Å². The molecule has 0 aliphatic carbocycles. The van der Waals surface area contributed by atoms with Gasteiger partial charge in [-0.25, -0.2) is 4.98 Å². The zero-order valence-electron chi connectivity index (χ0n) is 10.1. The smallest absolute Gasteiger partial charge is 0.257 e. The summed E-state index contributed by atoms with van der Waals surface area (Å²) in [4.78, 5) is 27.1. The maximum Gasteiger partial charge on any atom is 0.257 e. The summed E-state index contributed by atoms with van der Waals surface area (Å²) in [6.07, 6.45) is 0. The van der Waals surface area contributed by atoms with Crippen molar-refractivity contribution in [2.45, 2.75) is 13.8 Å². The average molecular weight is 260 g/mol. The Morgan fingerprint density at radius 2 is 2.00 bits per heavy atom. The van der Waals surface area contributed by atoms with E-state index in [4.69, 9.17) is 0 Å². The average Bonchev–Trinajstić information content (AvgIpc) is 2.78. The van der Waals surface area contributed by atoms with Gasteiger partial charge < -0.3 is 0 Å². The monoisotopic (exact) mass is 260 g/mol. The molecule has 18 heavy (non-hydrogen) atoms. The molecule has 1 N–H and O–H groups in total. The van der Waals surface area contributed by atoms with Crippen molar-refractivity contribution in [2.24, 2.45) is 0 Å². The second-order valence-corrected chi connectivity index (χ2v) is 4.72. The molecular formula is C13H12N2O2S. The number of Topliss-reactive ketones (excluding diaryl/α,β-unsaturated/α-hetero) is 1. The molecular weight excluding hydrogens is 248 g/mol. The minimum Gasteiger partial charge on any atom is -0.298 e. The minimum absolute atomic E-state index is 0.109. The highest BCUT2D eigenvalue weighted by Gasteiger charge is 2.11. The highest BCUT2D eigenvalue weighted by atomic mass is 32.1. The Bertz CT molecular complexity index is 605. The molecule has 0 bridgehead atoms. The van der Waals surface area contributed by atoms with Gasteiger partial charge >= 0.3 is 0 Å². The van der Waals surface area contributed by atoms with E-state index in [1.807, 2.05) is 25.1 Å². The molecule has 0 saturated carbocycles. The van der Waals surface area contributed by atoms with Crippen molar-refractivity contribution in [1.29, 1.82) is 0 Å². The summed E-state index contributed by atoms with van der Waals surface area (Å²) in [5.74, 6) is -0.319. The minimum atomic E-state index is -0.211. The van der Waals surface area contributed by atoms with E-state index in [1.165, 1.54) is 18.3 Å². The quantitative estimate of drug-likeness (QED) is 0.863. The Labute approximate surface area is 109 Å². The van der Waals surface area contributed by atoms with E-state index in [0.717, 1.165) is 5.56 Å². The van der Waals surface area contributed by atoms with Crippen LogP contribution in [0.5, 0.6) is 0 Å². The number of benzene rings is 1. The molecule has 92 valence electrons. The van der Waals surface area contributed by atoms with Crippen LogP contribution in [0.1, 0.15) is 33.3 Å². The number of carbonyl (C=O) groups is 2. The highest BCUT2D eigenvalue weighted by molar-refractivity contribution is 7.14. The lowest BCUT2D eigenvalue weighted by molar-refractivity contribution is 0.100. The van der Waals surface area contributed by atoms with Crippen molar-refractivity contribution in [2.75, 3.05) is 5.32 Å². The lowest BCUT2D eigenvalue weighted by atomic mass is 10.1. The second-order valence-electron chi connectivity index (χ2n) is 3.86. The summed E-state index contributed by atoms with van der Waals surface area (Å²) in [6, 6.07) is 7.32. The molecule has 0 saturated heterocycles. The Kier molecular flexibility index (Phi) is 3.53. The Balaban J connectivity index is 2.16. The number of rotatable bonds is 3. The molecule has 1 amide bonds. The predicted octanol–water partition coefficient (Wildman–Crippen LogP) is 2.91. The lowest BCUT2D eigenvalue weighted by Gasteiger charge is -2.04. The molecule has 1 heterocycles. The van der Waals surface area contributed by atoms with Crippen molar-refractivity contribution in [3.63, 3.8) is 0 Å². The van der Waals surface area contributed by atoms with Crippen LogP contribution in [-0.4, -0.2) is 16.7 Å². The van der Waals surface area contributed by atoms with Crippen LogP contribution in [0.2, 0.25) is 0 Å². The summed E-state index contributed by atoms with van der Waals surface area (Å²) in [5, 5.41) is 4.76. The number of nitrogens with zero attached hydrogens (tertiary/aromatic N) is 1. The van der Waals surface area contributed by atoms with Gasteiger partial charge in [-0.2, -0.15) is 0 Å². The normalized spacial score (nSPS) is 10.1. The van der Waals surface area contributed by atoms with Gasteiger partial charge in [-0.3, -0.25) is 14.9 Å². The van der Waals surface area contributed by atoms with Gasteiger partial charge in [-0.15, -0.1) is 11.3 Å². The van der Waals surface area contributed by atoms with Crippen LogP contribution in [0.15, 0.2) is 29.6 Å². The fraction of sp³-hybridized carbons (Fsp3) is 0.154. The molecule has 4 nitrogen and oxygen atoms in total. The van der Waals surface area contributed by atoms with Crippen molar-refractivity contribution in [3.8, 4) is 0 Å². The van der Waals surface area contributed by atoms with Crippen molar-refractivity contribution in [3.05, 3.63) is 46.5 Å². The van der Waals surface area contributed by atoms with Gasteiger partial charge in [0.15, 0.2) is 10.9 Å². The molecule has 0 aliphatic heterocycles. The summed E-state index contributed by atoms with van der Waals surface area (Å²) < 4.78 is 0. The van der Waals surface area contributed by atoms with Crippen LogP contribution in [0, 0.1) is 6.92 Å². The van der Waals surface area contributed by atoms with Gasteiger partial charge in [0, 0.05) is 17.9 Å². The zero-order valence-corrected chi connectivity index (χ0v) is 10.9. The van der Waals surface area contributed by atoms with E-state index in [9.17, 15) is 9.59 Å². The third kappa shape index (κ3) is 2.62. The number of amides is 1. The predicted molar refractivity (Wildman–Crippen MR) is 71.3 cm³/mol. The molecule has 0 fully saturated rings. The first-order valence-electron chi connectivity index (χ1n) is 5.41. The standard InChI is InChI=1S/C13H12N2O2S/c1-8-5-3-4-6-10(8)12(17)15-13-14-11(7-18-13)9(2)16/h3-7H,1-2H3,(H,14,15,17). The van der Waals surface area contributed by atoms with Crippen LogP contribution >= 0.6 is 11.3 Å². The van der Waals surface area contributed by atoms with Crippen molar-refractivity contribution >= 4 is 28.2 Å². The number of hydrogen-bond donors (Lipinski definition) is 1. The number of hydrogen-bond acceptors (Lipinski definition) is 4. The summed E-state index contributed by atoms with van der Waals surface area (Å²) >= 11 is 1.24. The fourth-order valence-corrected chi connectivity index (χ4v) is 2.23. The van der Waals surface area contributed by atoms with Gasteiger partial charge in [0.2, 0.25) is 0 Å². The van der Waals surface area contributed by atoms with E-state index < -0.39 is 0 Å². The molecule has 0 unspecified atom stereocenters. The van der Waals surface area contributed by atoms with Gasteiger partial charge in [0.05, 0.1) is 0 Å². The SMILES string of the molecule is CC(=O)c1csc(NC(=O)c2ccccc2C)n1. The molecule has 1 aromatic carbocycles. The molecule has 1 aromatic heterocycles. The number of thiazole rings is 1. The number of aryl methyl sites for hydroxylation is 1. The molecule has 0 spiro atoms. The van der Waals surface area contributed by atoms with Crippen molar-refractivity contribution < 1.29 is 9.59 Å². The number of aromatic nitrogens is 1. The maximum absolute atomic E-state index is 12.0. The first-order chi connectivity index (χ1) is 8.58. The van der Waals surface area contributed by atoms with E-state index in [1.54, 1.807) is 11.4 Å². The first kappa shape index (κ1) is 12.4. The largest absolute Gasteiger partial charge is 0.298 e. The zero-order chi connectivity index (χ0) is 13.1.